The molecule has 1 unspecified atom stereocenters. The van der Waals surface area contributed by atoms with Gasteiger partial charge in [-0.3, -0.25) is 0 Å². The maximum Gasteiger partial charge on any atom is 0.124 e. The number of hydrogen-bond acceptors (Lipinski definition) is 3. The number of ether oxygens (including phenoxy) is 1. The molecular formula is C19H27NO2. The first-order chi connectivity index (χ1) is 9.89. The molecule has 2 rings (SSSR count). The highest BCUT2D eigenvalue weighted by Crippen LogP contribution is 2.49. The normalized spacial score (nSPS) is 21.2. The Morgan fingerprint density at radius 3 is 2.27 bits per heavy atom. The van der Waals surface area contributed by atoms with Crippen LogP contribution in [0.25, 0.3) is 0 Å². The van der Waals surface area contributed by atoms with Crippen molar-refractivity contribution in [2.45, 2.75) is 77.7 Å². The summed E-state index contributed by atoms with van der Waals surface area (Å²) in [4.78, 5) is 0. The molecule has 1 aromatic rings. The third kappa shape index (κ3) is 2.79. The summed E-state index contributed by atoms with van der Waals surface area (Å²) in [6.07, 6.45) is 1.01. The van der Waals surface area contributed by atoms with E-state index in [4.69, 9.17) is 10.00 Å². The van der Waals surface area contributed by atoms with Gasteiger partial charge >= 0.3 is 0 Å². The molecule has 1 heterocycles. The van der Waals surface area contributed by atoms with Crippen LogP contribution in [0.2, 0.25) is 0 Å². The van der Waals surface area contributed by atoms with Crippen LogP contribution in [-0.2, 0) is 17.3 Å². The lowest BCUT2D eigenvalue weighted by Crippen LogP contribution is -2.29. The van der Waals surface area contributed by atoms with Gasteiger partial charge in [0.05, 0.1) is 12.5 Å². The third-order valence-electron chi connectivity index (χ3n) is 4.28. The number of nitrogens with zero attached hydrogens (tertiary/aromatic N) is 1. The van der Waals surface area contributed by atoms with E-state index in [1.54, 1.807) is 0 Å². The van der Waals surface area contributed by atoms with Crippen molar-refractivity contribution in [2.75, 3.05) is 0 Å². The van der Waals surface area contributed by atoms with Crippen LogP contribution in [0.5, 0.6) is 11.5 Å². The average Bonchev–Trinajstić information content (AvgIpc) is 2.60. The van der Waals surface area contributed by atoms with Crippen LogP contribution >= 0.6 is 0 Å². The molecule has 0 saturated heterocycles. The maximum absolute atomic E-state index is 10.9. The first-order valence-corrected chi connectivity index (χ1v) is 7.85. The number of hydrogen-bond donors (Lipinski definition) is 1. The fraction of sp³-hybridized carbons (Fsp3) is 0.632. The minimum Gasteiger partial charge on any atom is -0.507 e. The summed E-state index contributed by atoms with van der Waals surface area (Å²) in [5.74, 6) is 1.20. The zero-order valence-corrected chi connectivity index (χ0v) is 14.8. The molecule has 1 aromatic carbocycles. The van der Waals surface area contributed by atoms with E-state index in [2.05, 4.69) is 47.6 Å². The van der Waals surface area contributed by atoms with Gasteiger partial charge in [-0.25, -0.2) is 0 Å². The van der Waals surface area contributed by atoms with Gasteiger partial charge in [-0.05, 0) is 23.8 Å². The van der Waals surface area contributed by atoms with Crippen LogP contribution in [0.1, 0.15) is 71.6 Å². The summed E-state index contributed by atoms with van der Waals surface area (Å²) in [6.45, 7) is 14.5. The SMILES string of the molecule is CC1(CC#N)Cc2c(cc(C(C)(C)C)c(O)c2C(C)(C)C)O1. The molecule has 3 nitrogen and oxygen atoms in total. The number of aromatic hydroxyl groups is 1. The Labute approximate surface area is 133 Å². The minimum absolute atomic E-state index is 0.170. The van der Waals surface area contributed by atoms with Crippen LogP contribution in [0.15, 0.2) is 6.07 Å². The Bertz CT molecular complexity index is 641. The predicted octanol–water partition coefficient (Wildman–Crippen LogP) is 4.59. The lowest BCUT2D eigenvalue weighted by Gasteiger charge is -2.29. The molecule has 0 amide bonds. The standard InChI is InChI=1S/C19H27NO2/c1-17(2,3)13-10-14-12(11-19(7,22-14)8-9-20)15(16(13)21)18(4,5)6/h10,21H,8,11H2,1-7H3. The monoisotopic (exact) mass is 301 g/mol. The summed E-state index contributed by atoms with van der Waals surface area (Å²) in [5, 5.41) is 20.0. The first-order valence-electron chi connectivity index (χ1n) is 7.85. The molecule has 22 heavy (non-hydrogen) atoms. The molecule has 0 aromatic heterocycles. The second-order valence-electron chi connectivity index (χ2n) is 8.69. The number of fused-ring (bicyclic) bond motifs is 1. The van der Waals surface area contributed by atoms with E-state index in [-0.39, 0.29) is 10.8 Å². The van der Waals surface area contributed by atoms with Crippen LogP contribution in [0.4, 0.5) is 0 Å². The third-order valence-corrected chi connectivity index (χ3v) is 4.28. The molecule has 0 aliphatic carbocycles. The Balaban J connectivity index is 2.71. The van der Waals surface area contributed by atoms with Gasteiger partial charge in [0.2, 0.25) is 0 Å². The van der Waals surface area contributed by atoms with Crippen molar-refractivity contribution in [2.24, 2.45) is 0 Å². The first kappa shape index (κ1) is 16.7. The van der Waals surface area contributed by atoms with Gasteiger partial charge < -0.3 is 9.84 Å². The number of rotatable bonds is 1. The van der Waals surface area contributed by atoms with E-state index >= 15 is 0 Å². The highest BCUT2D eigenvalue weighted by Gasteiger charge is 2.41. The van der Waals surface area contributed by atoms with Crippen molar-refractivity contribution in [1.82, 2.24) is 0 Å². The highest BCUT2D eigenvalue weighted by molar-refractivity contribution is 5.59. The van der Waals surface area contributed by atoms with Gasteiger partial charge in [-0.1, -0.05) is 41.5 Å². The number of nitriles is 1. The Kier molecular flexibility index (Phi) is 3.72. The molecule has 3 heteroatoms. The molecule has 120 valence electrons. The summed E-state index contributed by atoms with van der Waals surface area (Å²) >= 11 is 0. The van der Waals surface area contributed by atoms with Gasteiger partial charge in [0.15, 0.2) is 0 Å². The van der Waals surface area contributed by atoms with Crippen LogP contribution in [0.3, 0.4) is 0 Å². The topological polar surface area (TPSA) is 53.2 Å². The molecule has 0 spiro atoms. The van der Waals surface area contributed by atoms with Gasteiger partial charge in [-0.15, -0.1) is 0 Å². The summed E-state index contributed by atoms with van der Waals surface area (Å²) in [6, 6.07) is 4.18. The van der Waals surface area contributed by atoms with Gasteiger partial charge in [0, 0.05) is 23.1 Å². The number of phenols is 1. The van der Waals surface area contributed by atoms with E-state index in [0.29, 0.717) is 18.6 Å². The maximum atomic E-state index is 10.9. The second kappa shape index (κ2) is 4.91. The van der Waals surface area contributed by atoms with Gasteiger partial charge in [0.25, 0.3) is 0 Å². The highest BCUT2D eigenvalue weighted by atomic mass is 16.5. The van der Waals surface area contributed by atoms with Crippen LogP contribution in [0, 0.1) is 11.3 Å². The zero-order valence-electron chi connectivity index (χ0n) is 14.8. The van der Waals surface area contributed by atoms with Gasteiger partial charge in [-0.2, -0.15) is 5.26 Å². The fourth-order valence-electron chi connectivity index (χ4n) is 3.27. The largest absolute Gasteiger partial charge is 0.507 e. The second-order valence-corrected chi connectivity index (χ2v) is 8.69. The summed E-state index contributed by atoms with van der Waals surface area (Å²) < 4.78 is 6.13. The van der Waals surface area contributed by atoms with Crippen molar-refractivity contribution < 1.29 is 9.84 Å². The molecule has 1 aliphatic rings. The molecule has 1 aliphatic heterocycles. The lowest BCUT2D eigenvalue weighted by atomic mass is 9.76. The Morgan fingerprint density at radius 2 is 1.82 bits per heavy atom. The smallest absolute Gasteiger partial charge is 0.124 e. The summed E-state index contributed by atoms with van der Waals surface area (Å²) in [5.41, 5.74) is 2.05. The molecule has 1 atom stereocenters. The van der Waals surface area contributed by atoms with Gasteiger partial charge in [0.1, 0.15) is 17.1 Å². The van der Waals surface area contributed by atoms with E-state index in [0.717, 1.165) is 22.4 Å². The van der Waals surface area contributed by atoms with Crippen LogP contribution in [-0.4, -0.2) is 10.7 Å². The zero-order chi connectivity index (χ0) is 16.9. The van der Waals surface area contributed by atoms with E-state index in [1.807, 2.05) is 13.0 Å². The lowest BCUT2D eigenvalue weighted by molar-refractivity contribution is 0.121. The number of phenolic OH excluding ortho intramolecular Hbond substituents is 1. The van der Waals surface area contributed by atoms with Crippen LogP contribution < -0.4 is 4.74 Å². The van der Waals surface area contributed by atoms with E-state index in [1.165, 1.54) is 0 Å². The molecular weight excluding hydrogens is 274 g/mol. The molecule has 0 radical (unpaired) electrons. The number of benzene rings is 1. The molecule has 0 fully saturated rings. The van der Waals surface area contributed by atoms with E-state index < -0.39 is 5.60 Å². The van der Waals surface area contributed by atoms with E-state index in [9.17, 15) is 5.11 Å². The average molecular weight is 301 g/mol. The van der Waals surface area contributed by atoms with Crippen molar-refractivity contribution in [3.8, 4) is 17.6 Å². The van der Waals surface area contributed by atoms with Crippen molar-refractivity contribution >= 4 is 0 Å². The quantitative estimate of drug-likeness (QED) is 0.825. The molecule has 0 saturated carbocycles. The molecule has 0 bridgehead atoms. The minimum atomic E-state index is -0.500. The Hall–Kier alpha value is -1.69. The summed E-state index contributed by atoms with van der Waals surface area (Å²) in [7, 11) is 0. The Morgan fingerprint density at radius 1 is 1.23 bits per heavy atom. The van der Waals surface area contributed by atoms with Crippen molar-refractivity contribution in [3.05, 3.63) is 22.8 Å². The molecule has 1 N–H and O–H groups in total. The van der Waals surface area contributed by atoms with Crippen molar-refractivity contribution in [1.29, 1.82) is 5.26 Å². The predicted molar refractivity (Wildman–Crippen MR) is 88.5 cm³/mol. The van der Waals surface area contributed by atoms with Crippen molar-refractivity contribution in [3.63, 3.8) is 0 Å². The fourth-order valence-corrected chi connectivity index (χ4v) is 3.27.